The number of ether oxygens (including phenoxy) is 2. The van der Waals surface area contributed by atoms with E-state index in [1.54, 1.807) is 7.11 Å². The second kappa shape index (κ2) is 6.96. The van der Waals surface area contributed by atoms with Gasteiger partial charge in [-0.05, 0) is 59.1 Å². The van der Waals surface area contributed by atoms with E-state index in [0.717, 1.165) is 32.7 Å². The van der Waals surface area contributed by atoms with Crippen LogP contribution in [-0.4, -0.2) is 7.11 Å². The van der Waals surface area contributed by atoms with Crippen LogP contribution in [0.5, 0.6) is 11.5 Å². The van der Waals surface area contributed by atoms with Crippen LogP contribution >= 0.6 is 15.9 Å². The van der Waals surface area contributed by atoms with Crippen LogP contribution in [0.1, 0.15) is 29.7 Å². The third-order valence-corrected chi connectivity index (χ3v) is 3.89. The smallest absolute Gasteiger partial charge is 0.133 e. The van der Waals surface area contributed by atoms with Crippen molar-refractivity contribution in [3.8, 4) is 11.5 Å². The highest BCUT2D eigenvalue weighted by atomic mass is 79.9. The minimum Gasteiger partial charge on any atom is -0.496 e. The average molecular weight is 350 g/mol. The van der Waals surface area contributed by atoms with Gasteiger partial charge in [-0.15, -0.1) is 0 Å². The van der Waals surface area contributed by atoms with Gasteiger partial charge < -0.3 is 15.2 Å². The first-order chi connectivity index (χ1) is 10.0. The van der Waals surface area contributed by atoms with Crippen LogP contribution in [0.4, 0.5) is 0 Å². The Morgan fingerprint density at radius 1 is 1.14 bits per heavy atom. The quantitative estimate of drug-likeness (QED) is 0.871. The normalized spacial score (nSPS) is 12.0. The summed E-state index contributed by atoms with van der Waals surface area (Å²) in [6.45, 7) is 4.50. The van der Waals surface area contributed by atoms with Gasteiger partial charge in [-0.2, -0.15) is 0 Å². The summed E-state index contributed by atoms with van der Waals surface area (Å²) < 4.78 is 12.1. The second-order valence-corrected chi connectivity index (χ2v) is 5.94. The summed E-state index contributed by atoms with van der Waals surface area (Å²) in [5, 5.41) is 0. The molecule has 21 heavy (non-hydrogen) atoms. The van der Waals surface area contributed by atoms with Crippen molar-refractivity contribution in [2.75, 3.05) is 7.11 Å². The molecule has 1 atom stereocenters. The second-order valence-electron chi connectivity index (χ2n) is 5.09. The van der Waals surface area contributed by atoms with Gasteiger partial charge in [0.05, 0.1) is 11.6 Å². The van der Waals surface area contributed by atoms with Crippen LogP contribution in [0.2, 0.25) is 0 Å². The number of halogens is 1. The molecule has 2 aromatic rings. The fourth-order valence-electron chi connectivity index (χ4n) is 2.10. The van der Waals surface area contributed by atoms with Crippen molar-refractivity contribution in [2.24, 2.45) is 5.73 Å². The van der Waals surface area contributed by atoms with E-state index in [2.05, 4.69) is 22.0 Å². The number of benzene rings is 2. The van der Waals surface area contributed by atoms with Crippen LogP contribution in [0, 0.1) is 6.92 Å². The van der Waals surface area contributed by atoms with E-state index in [0.29, 0.717) is 6.61 Å². The van der Waals surface area contributed by atoms with E-state index >= 15 is 0 Å². The number of rotatable bonds is 5. The topological polar surface area (TPSA) is 44.5 Å². The lowest BCUT2D eigenvalue weighted by Crippen LogP contribution is -2.08. The zero-order chi connectivity index (χ0) is 15.4. The van der Waals surface area contributed by atoms with Crippen LogP contribution in [0.3, 0.4) is 0 Å². The van der Waals surface area contributed by atoms with E-state index in [1.165, 1.54) is 0 Å². The van der Waals surface area contributed by atoms with Gasteiger partial charge in [-0.3, -0.25) is 0 Å². The van der Waals surface area contributed by atoms with Crippen molar-refractivity contribution in [1.29, 1.82) is 0 Å². The molecule has 0 unspecified atom stereocenters. The van der Waals surface area contributed by atoms with E-state index < -0.39 is 0 Å². The summed E-state index contributed by atoms with van der Waals surface area (Å²) in [7, 11) is 1.65. The Kier molecular flexibility index (Phi) is 5.26. The number of hydrogen-bond donors (Lipinski definition) is 1. The van der Waals surface area contributed by atoms with Crippen LogP contribution in [0.15, 0.2) is 40.9 Å². The molecule has 0 heterocycles. The zero-order valence-electron chi connectivity index (χ0n) is 12.5. The monoisotopic (exact) mass is 349 g/mol. The highest BCUT2D eigenvalue weighted by molar-refractivity contribution is 9.10. The molecular weight excluding hydrogens is 330 g/mol. The van der Waals surface area contributed by atoms with Crippen molar-refractivity contribution < 1.29 is 9.47 Å². The van der Waals surface area contributed by atoms with Gasteiger partial charge in [-0.1, -0.05) is 18.2 Å². The minimum absolute atomic E-state index is 0.0526. The summed E-state index contributed by atoms with van der Waals surface area (Å²) in [6.07, 6.45) is 0. The minimum atomic E-state index is -0.0526. The molecule has 0 saturated heterocycles. The molecule has 0 bridgehead atoms. The maximum absolute atomic E-state index is 5.99. The standard InChI is InChI=1S/C17H20BrNO2/c1-11-4-6-14(12(2)19)17(8-11)21-10-13-5-7-16(20-3)15(18)9-13/h4-9,12H,10,19H2,1-3H3/t12-/m0/s1. The Hall–Kier alpha value is -1.52. The summed E-state index contributed by atoms with van der Waals surface area (Å²) in [5.41, 5.74) is 9.24. The molecule has 0 saturated carbocycles. The molecule has 112 valence electrons. The molecule has 0 aliphatic rings. The fourth-order valence-corrected chi connectivity index (χ4v) is 2.69. The van der Waals surface area contributed by atoms with Gasteiger partial charge >= 0.3 is 0 Å². The molecule has 4 heteroatoms. The van der Waals surface area contributed by atoms with Crippen molar-refractivity contribution in [3.63, 3.8) is 0 Å². The van der Waals surface area contributed by atoms with Gasteiger partial charge in [0.2, 0.25) is 0 Å². The molecular formula is C17H20BrNO2. The molecule has 0 spiro atoms. The van der Waals surface area contributed by atoms with E-state index in [9.17, 15) is 0 Å². The lowest BCUT2D eigenvalue weighted by Gasteiger charge is -2.15. The Balaban J connectivity index is 2.16. The predicted octanol–water partition coefficient (Wildman–Crippen LogP) is 4.36. The summed E-state index contributed by atoms with van der Waals surface area (Å²) in [6, 6.07) is 12.0. The Morgan fingerprint density at radius 2 is 1.90 bits per heavy atom. The molecule has 0 aliphatic carbocycles. The third-order valence-electron chi connectivity index (χ3n) is 3.27. The molecule has 0 fully saturated rings. The average Bonchev–Trinajstić information content (AvgIpc) is 2.45. The Morgan fingerprint density at radius 3 is 2.52 bits per heavy atom. The van der Waals surface area contributed by atoms with Crippen molar-refractivity contribution in [2.45, 2.75) is 26.5 Å². The number of methoxy groups -OCH3 is 1. The number of aryl methyl sites for hydroxylation is 1. The van der Waals surface area contributed by atoms with Gasteiger partial charge in [0.15, 0.2) is 0 Å². The first kappa shape index (κ1) is 15.9. The first-order valence-electron chi connectivity index (χ1n) is 6.82. The predicted molar refractivity (Wildman–Crippen MR) is 88.8 cm³/mol. The zero-order valence-corrected chi connectivity index (χ0v) is 14.1. The molecule has 2 rings (SSSR count). The van der Waals surface area contributed by atoms with Crippen molar-refractivity contribution in [1.82, 2.24) is 0 Å². The third kappa shape index (κ3) is 3.99. The molecule has 2 aromatic carbocycles. The van der Waals surface area contributed by atoms with Crippen LogP contribution in [-0.2, 0) is 6.61 Å². The number of hydrogen-bond acceptors (Lipinski definition) is 3. The van der Waals surface area contributed by atoms with Crippen molar-refractivity contribution >= 4 is 15.9 Å². The summed E-state index contributed by atoms with van der Waals surface area (Å²) >= 11 is 3.48. The first-order valence-corrected chi connectivity index (χ1v) is 7.62. The maximum atomic E-state index is 5.99. The van der Waals surface area contributed by atoms with E-state index in [1.807, 2.05) is 44.2 Å². The van der Waals surface area contributed by atoms with E-state index in [-0.39, 0.29) is 6.04 Å². The van der Waals surface area contributed by atoms with Gasteiger partial charge in [0.25, 0.3) is 0 Å². The maximum Gasteiger partial charge on any atom is 0.133 e. The SMILES string of the molecule is COc1ccc(COc2cc(C)ccc2[C@H](C)N)cc1Br. The highest BCUT2D eigenvalue weighted by Gasteiger charge is 2.09. The molecule has 0 aliphatic heterocycles. The van der Waals surface area contributed by atoms with E-state index in [4.69, 9.17) is 15.2 Å². The number of nitrogens with two attached hydrogens (primary N) is 1. The summed E-state index contributed by atoms with van der Waals surface area (Å²) in [4.78, 5) is 0. The molecule has 0 radical (unpaired) electrons. The summed E-state index contributed by atoms with van der Waals surface area (Å²) in [5.74, 6) is 1.66. The van der Waals surface area contributed by atoms with Crippen molar-refractivity contribution in [3.05, 3.63) is 57.6 Å². The molecule has 2 N–H and O–H groups in total. The van der Waals surface area contributed by atoms with Gasteiger partial charge in [0.1, 0.15) is 18.1 Å². The lowest BCUT2D eigenvalue weighted by molar-refractivity contribution is 0.301. The Bertz CT molecular complexity index is 626. The molecule has 0 aromatic heterocycles. The van der Waals surface area contributed by atoms with Gasteiger partial charge in [0, 0.05) is 11.6 Å². The molecule has 0 amide bonds. The van der Waals surface area contributed by atoms with Crippen LogP contribution < -0.4 is 15.2 Å². The lowest BCUT2D eigenvalue weighted by atomic mass is 10.1. The Labute approximate surface area is 134 Å². The fraction of sp³-hybridized carbons (Fsp3) is 0.294. The van der Waals surface area contributed by atoms with Crippen LogP contribution in [0.25, 0.3) is 0 Å². The highest BCUT2D eigenvalue weighted by Crippen LogP contribution is 2.28. The molecule has 3 nitrogen and oxygen atoms in total. The largest absolute Gasteiger partial charge is 0.496 e. The van der Waals surface area contributed by atoms with Gasteiger partial charge in [-0.25, -0.2) is 0 Å².